The Morgan fingerprint density at radius 3 is 2.14 bits per heavy atom. The lowest BCUT2D eigenvalue weighted by atomic mass is 10.1. The lowest BCUT2D eigenvalue weighted by Gasteiger charge is -2.24. The second kappa shape index (κ2) is 9.10. The lowest BCUT2D eigenvalue weighted by molar-refractivity contribution is -0.120. The maximum atomic E-state index is 12.4. The minimum absolute atomic E-state index is 0.269. The molecular formula is C21H28N2O4S. The van der Waals surface area contributed by atoms with E-state index in [1.54, 1.807) is 12.1 Å². The van der Waals surface area contributed by atoms with Gasteiger partial charge in [0.2, 0.25) is 15.9 Å². The molecule has 0 aliphatic rings. The van der Waals surface area contributed by atoms with Crippen LogP contribution < -0.4 is 14.4 Å². The standard InChI is InChI=1S/C21H28N2O4S/c1-15-6-8-20(9-7-15)27-14-18(4)22-21(24)13-23(28(5,25)26)19-11-16(2)10-17(3)12-19/h6-12,18H,13-14H2,1-5H3,(H,22,24)/t18-/m0/s1. The molecule has 2 aromatic carbocycles. The molecular weight excluding hydrogens is 376 g/mol. The highest BCUT2D eigenvalue weighted by Gasteiger charge is 2.22. The number of hydrogen-bond donors (Lipinski definition) is 1. The number of amides is 1. The summed E-state index contributed by atoms with van der Waals surface area (Å²) in [6.07, 6.45) is 1.10. The van der Waals surface area contributed by atoms with Gasteiger partial charge in [0.1, 0.15) is 18.9 Å². The van der Waals surface area contributed by atoms with E-state index in [4.69, 9.17) is 4.74 Å². The van der Waals surface area contributed by atoms with Crippen LogP contribution in [0.25, 0.3) is 0 Å². The number of nitrogens with one attached hydrogen (secondary N) is 1. The van der Waals surface area contributed by atoms with E-state index in [1.165, 1.54) is 0 Å². The van der Waals surface area contributed by atoms with Crippen molar-refractivity contribution in [3.05, 3.63) is 59.2 Å². The number of carbonyl (C=O) groups is 1. The third kappa shape index (κ3) is 6.56. The maximum Gasteiger partial charge on any atom is 0.241 e. The molecule has 2 aromatic rings. The highest BCUT2D eigenvalue weighted by Crippen LogP contribution is 2.21. The fourth-order valence-electron chi connectivity index (χ4n) is 2.84. The van der Waals surface area contributed by atoms with Crippen molar-refractivity contribution in [2.75, 3.05) is 23.7 Å². The van der Waals surface area contributed by atoms with E-state index in [9.17, 15) is 13.2 Å². The molecule has 0 fully saturated rings. The van der Waals surface area contributed by atoms with Gasteiger partial charge in [-0.25, -0.2) is 8.42 Å². The number of nitrogens with zero attached hydrogens (tertiary/aromatic N) is 1. The van der Waals surface area contributed by atoms with Crippen molar-refractivity contribution in [3.8, 4) is 5.75 Å². The molecule has 2 rings (SSSR count). The van der Waals surface area contributed by atoms with Crippen LogP contribution in [0.3, 0.4) is 0 Å². The summed E-state index contributed by atoms with van der Waals surface area (Å²) in [5, 5.41) is 2.79. The third-order valence-corrected chi connectivity index (χ3v) is 5.25. The van der Waals surface area contributed by atoms with Crippen LogP contribution >= 0.6 is 0 Å². The Labute approximate surface area is 167 Å². The molecule has 0 bridgehead atoms. The number of benzene rings is 2. The Morgan fingerprint density at radius 2 is 1.61 bits per heavy atom. The quantitative estimate of drug-likeness (QED) is 0.734. The normalized spacial score (nSPS) is 12.3. The molecule has 0 unspecified atom stereocenters. The monoisotopic (exact) mass is 404 g/mol. The first-order valence-electron chi connectivity index (χ1n) is 9.09. The van der Waals surface area contributed by atoms with Crippen molar-refractivity contribution >= 4 is 21.6 Å². The summed E-state index contributed by atoms with van der Waals surface area (Å²) in [5.74, 6) is 0.337. The Hall–Kier alpha value is -2.54. The topological polar surface area (TPSA) is 75.7 Å². The van der Waals surface area contributed by atoms with E-state index >= 15 is 0 Å². The Bertz CT molecular complexity index is 904. The van der Waals surface area contributed by atoms with Gasteiger partial charge < -0.3 is 10.1 Å². The molecule has 152 valence electrons. The molecule has 0 saturated carbocycles. The van der Waals surface area contributed by atoms with E-state index in [2.05, 4.69) is 5.32 Å². The average Bonchev–Trinajstić information content (AvgIpc) is 2.57. The average molecular weight is 405 g/mol. The van der Waals surface area contributed by atoms with Gasteiger partial charge in [-0.15, -0.1) is 0 Å². The lowest BCUT2D eigenvalue weighted by Crippen LogP contribution is -2.45. The molecule has 1 atom stereocenters. The molecule has 1 amide bonds. The van der Waals surface area contributed by atoms with E-state index in [-0.39, 0.29) is 25.1 Å². The fraction of sp³-hybridized carbons (Fsp3) is 0.381. The van der Waals surface area contributed by atoms with E-state index in [1.807, 2.05) is 58.0 Å². The molecule has 0 spiro atoms. The summed E-state index contributed by atoms with van der Waals surface area (Å²) in [4.78, 5) is 12.4. The summed E-state index contributed by atoms with van der Waals surface area (Å²) < 4.78 is 31.3. The van der Waals surface area contributed by atoms with Crippen LogP contribution in [0.5, 0.6) is 5.75 Å². The molecule has 0 aromatic heterocycles. The van der Waals surface area contributed by atoms with Gasteiger partial charge in [-0.05, 0) is 63.1 Å². The van der Waals surface area contributed by atoms with Crippen LogP contribution in [0.1, 0.15) is 23.6 Å². The number of aryl methyl sites for hydroxylation is 3. The summed E-state index contributed by atoms with van der Waals surface area (Å²) in [6, 6.07) is 12.8. The molecule has 0 heterocycles. The fourth-order valence-corrected chi connectivity index (χ4v) is 3.68. The van der Waals surface area contributed by atoms with Gasteiger partial charge in [0.25, 0.3) is 0 Å². The number of ether oxygens (including phenoxy) is 1. The van der Waals surface area contributed by atoms with Crippen molar-refractivity contribution in [3.63, 3.8) is 0 Å². The largest absolute Gasteiger partial charge is 0.491 e. The second-order valence-electron chi connectivity index (χ2n) is 7.21. The Kier molecular flexibility index (Phi) is 7.07. The Morgan fingerprint density at radius 1 is 1.04 bits per heavy atom. The van der Waals surface area contributed by atoms with Crippen LogP contribution in [0, 0.1) is 20.8 Å². The van der Waals surface area contributed by atoms with Gasteiger partial charge in [0, 0.05) is 0 Å². The molecule has 0 saturated heterocycles. The third-order valence-electron chi connectivity index (χ3n) is 4.11. The number of sulfonamides is 1. The van der Waals surface area contributed by atoms with Crippen LogP contribution in [0.4, 0.5) is 5.69 Å². The molecule has 0 aliphatic carbocycles. The first-order chi connectivity index (χ1) is 13.0. The molecule has 0 radical (unpaired) electrons. The van der Waals surface area contributed by atoms with Crippen LogP contribution in [0.2, 0.25) is 0 Å². The zero-order valence-corrected chi connectivity index (χ0v) is 17.8. The summed E-state index contributed by atoms with van der Waals surface area (Å²) in [7, 11) is -3.60. The Balaban J connectivity index is 2.00. The van der Waals surface area contributed by atoms with Crippen LogP contribution in [-0.4, -0.2) is 39.8 Å². The zero-order valence-electron chi connectivity index (χ0n) is 17.0. The van der Waals surface area contributed by atoms with Gasteiger partial charge >= 0.3 is 0 Å². The predicted molar refractivity (Wildman–Crippen MR) is 112 cm³/mol. The first kappa shape index (κ1) is 21.8. The summed E-state index contributed by atoms with van der Waals surface area (Å²) >= 11 is 0. The highest BCUT2D eigenvalue weighted by molar-refractivity contribution is 7.92. The van der Waals surface area contributed by atoms with Crippen molar-refractivity contribution in [2.45, 2.75) is 33.7 Å². The zero-order chi connectivity index (χ0) is 20.9. The minimum atomic E-state index is -3.60. The SMILES string of the molecule is Cc1ccc(OC[C@H](C)NC(=O)CN(c2cc(C)cc(C)c2)S(C)(=O)=O)cc1. The van der Waals surface area contributed by atoms with Crippen molar-refractivity contribution in [2.24, 2.45) is 0 Å². The van der Waals surface area contributed by atoms with Crippen molar-refractivity contribution in [1.29, 1.82) is 0 Å². The van der Waals surface area contributed by atoms with Crippen molar-refractivity contribution in [1.82, 2.24) is 5.32 Å². The second-order valence-corrected chi connectivity index (χ2v) is 9.11. The first-order valence-corrected chi connectivity index (χ1v) is 10.9. The molecule has 6 nitrogen and oxygen atoms in total. The maximum absolute atomic E-state index is 12.4. The van der Waals surface area contributed by atoms with Crippen molar-refractivity contribution < 1.29 is 17.9 Å². The molecule has 1 N–H and O–H groups in total. The van der Waals surface area contributed by atoms with E-state index < -0.39 is 10.0 Å². The summed E-state index contributed by atoms with van der Waals surface area (Å²) in [5.41, 5.74) is 3.49. The van der Waals surface area contributed by atoms with Gasteiger partial charge in [-0.2, -0.15) is 0 Å². The predicted octanol–water partition coefficient (Wildman–Crippen LogP) is 2.96. The smallest absolute Gasteiger partial charge is 0.241 e. The van der Waals surface area contributed by atoms with Crippen LogP contribution in [-0.2, 0) is 14.8 Å². The molecule has 0 aliphatic heterocycles. The minimum Gasteiger partial charge on any atom is -0.491 e. The molecule has 28 heavy (non-hydrogen) atoms. The van der Waals surface area contributed by atoms with E-state index in [0.29, 0.717) is 5.69 Å². The van der Waals surface area contributed by atoms with Gasteiger partial charge in [0.05, 0.1) is 18.0 Å². The van der Waals surface area contributed by atoms with Gasteiger partial charge in [-0.1, -0.05) is 23.8 Å². The van der Waals surface area contributed by atoms with Gasteiger partial charge in [-0.3, -0.25) is 9.10 Å². The number of rotatable bonds is 8. The summed E-state index contributed by atoms with van der Waals surface area (Å²) in [6.45, 7) is 7.60. The molecule has 7 heteroatoms. The number of carbonyl (C=O) groups excluding carboxylic acids is 1. The van der Waals surface area contributed by atoms with E-state index in [0.717, 1.165) is 33.0 Å². The highest BCUT2D eigenvalue weighted by atomic mass is 32.2. The number of anilines is 1. The van der Waals surface area contributed by atoms with Gasteiger partial charge in [0.15, 0.2) is 0 Å². The van der Waals surface area contributed by atoms with Crippen LogP contribution in [0.15, 0.2) is 42.5 Å². The number of hydrogen-bond acceptors (Lipinski definition) is 4.